The maximum Gasteiger partial charge on any atom is 0.338 e. The van der Waals surface area contributed by atoms with Crippen molar-refractivity contribution < 1.29 is 23.5 Å². The van der Waals surface area contributed by atoms with Gasteiger partial charge in [0.25, 0.3) is 11.8 Å². The molecule has 0 saturated heterocycles. The fourth-order valence-electron chi connectivity index (χ4n) is 2.96. The van der Waals surface area contributed by atoms with Gasteiger partial charge in [0.05, 0.1) is 17.5 Å². The molecule has 0 radical (unpaired) electrons. The highest BCUT2D eigenvalue weighted by Gasteiger charge is 2.16. The summed E-state index contributed by atoms with van der Waals surface area (Å²) >= 11 is 4.69. The Bertz CT molecular complexity index is 1350. The van der Waals surface area contributed by atoms with Gasteiger partial charge in [-0.25, -0.2) is 9.78 Å². The quantitative estimate of drug-likeness (QED) is 0.299. The van der Waals surface area contributed by atoms with Crippen molar-refractivity contribution in [1.82, 2.24) is 4.98 Å². The number of aryl methyl sites for hydroxylation is 1. The molecule has 0 unspecified atom stereocenters. The molecular formula is C24H18BrN3O5S. The van der Waals surface area contributed by atoms with Gasteiger partial charge in [-0.15, -0.1) is 11.3 Å². The molecule has 0 aliphatic carbocycles. The number of halogens is 1. The Morgan fingerprint density at radius 1 is 1.09 bits per heavy atom. The fourth-order valence-corrected chi connectivity index (χ4v) is 4.09. The van der Waals surface area contributed by atoms with E-state index in [0.29, 0.717) is 10.8 Å². The third kappa shape index (κ3) is 5.77. The number of carbonyl (C=O) groups excluding carboxylic acids is 3. The van der Waals surface area contributed by atoms with Gasteiger partial charge >= 0.3 is 5.97 Å². The van der Waals surface area contributed by atoms with E-state index in [9.17, 15) is 14.4 Å². The molecule has 10 heteroatoms. The summed E-state index contributed by atoms with van der Waals surface area (Å²) in [6, 6.07) is 15.5. The molecule has 0 fully saturated rings. The van der Waals surface area contributed by atoms with Gasteiger partial charge < -0.3 is 14.5 Å². The Morgan fingerprint density at radius 3 is 2.71 bits per heavy atom. The number of anilines is 2. The van der Waals surface area contributed by atoms with Gasteiger partial charge in [0.1, 0.15) is 0 Å². The summed E-state index contributed by atoms with van der Waals surface area (Å²) in [6.07, 6.45) is 1.40. The first-order valence-electron chi connectivity index (χ1n) is 10.0. The topological polar surface area (TPSA) is 111 Å². The standard InChI is InChI=1S/C24H18BrN3O5S/c1-14-7-8-16(11-18(14)26-22(30)20-6-3-9-32-20)23(31)33-12-21(29)28-24-27-19(13-34-24)15-4-2-5-17(25)10-15/h2-11,13H,12H2,1H3,(H,26,30)(H,27,28,29). The van der Waals surface area contributed by atoms with Crippen molar-refractivity contribution in [3.05, 3.63) is 87.6 Å². The van der Waals surface area contributed by atoms with Crippen molar-refractivity contribution in [3.63, 3.8) is 0 Å². The number of hydrogen-bond donors (Lipinski definition) is 2. The van der Waals surface area contributed by atoms with Gasteiger partial charge in [-0.3, -0.25) is 14.9 Å². The van der Waals surface area contributed by atoms with Gasteiger partial charge in [0.15, 0.2) is 17.5 Å². The lowest BCUT2D eigenvalue weighted by Gasteiger charge is -2.10. The van der Waals surface area contributed by atoms with E-state index in [4.69, 9.17) is 9.15 Å². The van der Waals surface area contributed by atoms with Crippen molar-refractivity contribution in [2.45, 2.75) is 6.92 Å². The average molecular weight is 540 g/mol. The van der Waals surface area contributed by atoms with Crippen LogP contribution in [-0.2, 0) is 9.53 Å². The molecule has 4 rings (SSSR count). The van der Waals surface area contributed by atoms with E-state index in [1.165, 1.54) is 29.7 Å². The predicted molar refractivity (Wildman–Crippen MR) is 132 cm³/mol. The Morgan fingerprint density at radius 2 is 1.94 bits per heavy atom. The molecule has 0 saturated carbocycles. The number of nitrogens with zero attached hydrogens (tertiary/aromatic N) is 1. The number of hydrogen-bond acceptors (Lipinski definition) is 7. The van der Waals surface area contributed by atoms with Crippen LogP contribution in [0.1, 0.15) is 26.5 Å². The van der Waals surface area contributed by atoms with Gasteiger partial charge in [-0.1, -0.05) is 34.1 Å². The van der Waals surface area contributed by atoms with Crippen LogP contribution in [0, 0.1) is 6.92 Å². The van der Waals surface area contributed by atoms with Crippen LogP contribution >= 0.6 is 27.3 Å². The number of ether oxygens (including phenoxy) is 1. The van der Waals surface area contributed by atoms with Crippen LogP contribution in [0.4, 0.5) is 10.8 Å². The molecule has 2 aromatic heterocycles. The summed E-state index contributed by atoms with van der Waals surface area (Å²) < 4.78 is 11.1. The summed E-state index contributed by atoms with van der Waals surface area (Å²) in [4.78, 5) is 41.3. The van der Waals surface area contributed by atoms with Crippen LogP contribution < -0.4 is 10.6 Å². The Balaban J connectivity index is 1.34. The fraction of sp³-hybridized carbons (Fsp3) is 0.0833. The first kappa shape index (κ1) is 23.4. The molecule has 0 aliphatic rings. The van der Waals surface area contributed by atoms with Crippen LogP contribution in [0.25, 0.3) is 11.3 Å². The molecule has 0 bridgehead atoms. The number of amides is 2. The second-order valence-corrected chi connectivity index (χ2v) is 8.91. The third-order valence-electron chi connectivity index (χ3n) is 4.67. The van der Waals surface area contributed by atoms with Crippen LogP contribution in [0.3, 0.4) is 0 Å². The molecule has 2 amide bonds. The Kier molecular flexibility index (Phi) is 7.19. The lowest BCUT2D eigenvalue weighted by atomic mass is 10.1. The summed E-state index contributed by atoms with van der Waals surface area (Å²) in [5, 5.41) is 7.55. The molecule has 0 spiro atoms. The van der Waals surface area contributed by atoms with E-state index in [1.54, 1.807) is 25.1 Å². The van der Waals surface area contributed by atoms with Gasteiger partial charge in [-0.2, -0.15) is 0 Å². The molecule has 2 aromatic carbocycles. The van der Waals surface area contributed by atoms with E-state index in [-0.39, 0.29) is 11.3 Å². The lowest BCUT2D eigenvalue weighted by molar-refractivity contribution is -0.119. The molecule has 34 heavy (non-hydrogen) atoms. The maximum absolute atomic E-state index is 12.4. The van der Waals surface area contributed by atoms with Gasteiger partial charge in [0.2, 0.25) is 0 Å². The summed E-state index contributed by atoms with van der Waals surface area (Å²) in [5.41, 5.74) is 3.01. The van der Waals surface area contributed by atoms with E-state index in [2.05, 4.69) is 31.5 Å². The summed E-state index contributed by atoms with van der Waals surface area (Å²) in [7, 11) is 0. The second kappa shape index (κ2) is 10.4. The Labute approximate surface area is 207 Å². The zero-order chi connectivity index (χ0) is 24.1. The number of aromatic nitrogens is 1. The van der Waals surface area contributed by atoms with Gasteiger partial charge in [-0.05, 0) is 48.9 Å². The van der Waals surface area contributed by atoms with E-state index in [0.717, 1.165) is 21.3 Å². The average Bonchev–Trinajstić information content (AvgIpc) is 3.51. The molecule has 172 valence electrons. The highest BCUT2D eigenvalue weighted by atomic mass is 79.9. The number of carbonyl (C=O) groups is 3. The number of benzene rings is 2. The van der Waals surface area contributed by atoms with Crippen LogP contribution in [0.15, 0.2) is 75.1 Å². The second-order valence-electron chi connectivity index (χ2n) is 7.13. The van der Waals surface area contributed by atoms with Gasteiger partial charge in [0, 0.05) is 21.1 Å². The van der Waals surface area contributed by atoms with E-state index >= 15 is 0 Å². The zero-order valence-corrected chi connectivity index (χ0v) is 20.2. The molecule has 0 aliphatic heterocycles. The molecule has 2 N–H and O–H groups in total. The predicted octanol–water partition coefficient (Wildman–Crippen LogP) is 5.52. The zero-order valence-electron chi connectivity index (χ0n) is 17.8. The maximum atomic E-state index is 12.4. The first-order chi connectivity index (χ1) is 16.4. The summed E-state index contributed by atoms with van der Waals surface area (Å²) in [5.74, 6) is -1.50. The van der Waals surface area contributed by atoms with Crippen molar-refractivity contribution in [1.29, 1.82) is 0 Å². The molecule has 4 aromatic rings. The molecule has 0 atom stereocenters. The first-order valence-corrected chi connectivity index (χ1v) is 11.7. The SMILES string of the molecule is Cc1ccc(C(=O)OCC(=O)Nc2nc(-c3cccc(Br)c3)cs2)cc1NC(=O)c1ccco1. The third-order valence-corrected chi connectivity index (χ3v) is 5.92. The minimum absolute atomic E-state index is 0.147. The Hall–Kier alpha value is -3.76. The number of thiazole rings is 1. The molecular weight excluding hydrogens is 522 g/mol. The van der Waals surface area contributed by atoms with Crippen molar-refractivity contribution in [3.8, 4) is 11.3 Å². The number of rotatable bonds is 7. The minimum atomic E-state index is -0.697. The molecule has 8 nitrogen and oxygen atoms in total. The number of furan rings is 1. The van der Waals surface area contributed by atoms with Crippen LogP contribution in [0.5, 0.6) is 0 Å². The highest BCUT2D eigenvalue weighted by molar-refractivity contribution is 9.10. The minimum Gasteiger partial charge on any atom is -0.459 e. The van der Waals surface area contributed by atoms with E-state index < -0.39 is 24.4 Å². The van der Waals surface area contributed by atoms with Crippen LogP contribution in [-0.4, -0.2) is 29.4 Å². The monoisotopic (exact) mass is 539 g/mol. The smallest absolute Gasteiger partial charge is 0.338 e. The number of esters is 1. The summed E-state index contributed by atoms with van der Waals surface area (Å²) in [6.45, 7) is 1.31. The number of nitrogens with one attached hydrogen (secondary N) is 2. The largest absolute Gasteiger partial charge is 0.459 e. The van der Waals surface area contributed by atoms with Crippen molar-refractivity contribution >= 4 is 55.9 Å². The van der Waals surface area contributed by atoms with Crippen molar-refractivity contribution in [2.24, 2.45) is 0 Å². The highest BCUT2D eigenvalue weighted by Crippen LogP contribution is 2.27. The normalized spacial score (nSPS) is 10.5. The lowest BCUT2D eigenvalue weighted by Crippen LogP contribution is -2.21. The van der Waals surface area contributed by atoms with Crippen LogP contribution in [0.2, 0.25) is 0 Å². The van der Waals surface area contributed by atoms with E-state index in [1.807, 2.05) is 29.6 Å². The molecule has 2 heterocycles. The van der Waals surface area contributed by atoms with Crippen molar-refractivity contribution in [2.75, 3.05) is 17.2 Å².